The quantitative estimate of drug-likeness (QED) is 0.621. The second kappa shape index (κ2) is 8.72. The number of nitrogens with zero attached hydrogens (tertiary/aromatic N) is 8. The Bertz CT molecular complexity index is 1000. The van der Waals surface area contributed by atoms with Gasteiger partial charge in [-0.3, -0.25) is 14.1 Å². The van der Waals surface area contributed by atoms with E-state index in [-0.39, 0.29) is 11.9 Å². The Hall–Kier alpha value is -3.11. The van der Waals surface area contributed by atoms with Gasteiger partial charge in [0.05, 0.1) is 11.6 Å². The van der Waals surface area contributed by atoms with Gasteiger partial charge in [0, 0.05) is 51.3 Å². The van der Waals surface area contributed by atoms with Gasteiger partial charge in [0.2, 0.25) is 5.95 Å². The monoisotopic (exact) mass is 409 g/mol. The predicted molar refractivity (Wildman–Crippen MR) is 113 cm³/mol. The molecule has 4 heterocycles. The number of hydrogen-bond donors (Lipinski definition) is 1. The van der Waals surface area contributed by atoms with Crippen molar-refractivity contribution >= 4 is 17.5 Å². The van der Waals surface area contributed by atoms with Crippen LogP contribution in [0.25, 0.3) is 5.65 Å². The maximum atomic E-state index is 12.6. The molecule has 0 unspecified atom stereocenters. The molecule has 0 aromatic carbocycles. The molecule has 0 aliphatic carbocycles. The van der Waals surface area contributed by atoms with E-state index in [0.717, 1.165) is 31.1 Å². The van der Waals surface area contributed by atoms with Crippen molar-refractivity contribution in [3.05, 3.63) is 48.2 Å². The van der Waals surface area contributed by atoms with Gasteiger partial charge in [-0.2, -0.15) is 0 Å². The maximum absolute atomic E-state index is 12.6. The minimum absolute atomic E-state index is 0.00427. The SMILES string of the molecule is CN(C)CCNC(=O)c1ccc2nnc([C@H]3CN(c4ncccn4)CCN3C)n2c1. The molecule has 1 aliphatic heterocycles. The van der Waals surface area contributed by atoms with Crippen LogP contribution in [0.4, 0.5) is 5.95 Å². The van der Waals surface area contributed by atoms with Crippen LogP contribution in [-0.2, 0) is 0 Å². The molecule has 4 rings (SSSR count). The van der Waals surface area contributed by atoms with E-state index in [9.17, 15) is 4.79 Å². The normalized spacial score (nSPS) is 17.6. The fraction of sp³-hybridized carbons (Fsp3) is 0.450. The van der Waals surface area contributed by atoms with Crippen LogP contribution in [0.5, 0.6) is 0 Å². The van der Waals surface area contributed by atoms with E-state index in [4.69, 9.17) is 0 Å². The van der Waals surface area contributed by atoms with Crippen molar-refractivity contribution in [2.75, 3.05) is 58.8 Å². The van der Waals surface area contributed by atoms with Gasteiger partial charge in [-0.05, 0) is 39.3 Å². The molecule has 1 amide bonds. The zero-order valence-corrected chi connectivity index (χ0v) is 17.6. The Kier molecular flexibility index (Phi) is 5.86. The number of amides is 1. The highest BCUT2D eigenvalue weighted by Gasteiger charge is 2.30. The van der Waals surface area contributed by atoms with Crippen LogP contribution in [0.2, 0.25) is 0 Å². The third-order valence-electron chi connectivity index (χ3n) is 5.32. The molecular weight excluding hydrogens is 382 g/mol. The zero-order chi connectivity index (χ0) is 21.1. The molecule has 1 N–H and O–H groups in total. The molecular formula is C20H27N9O. The Balaban J connectivity index is 1.57. The van der Waals surface area contributed by atoms with Crippen molar-refractivity contribution in [3.8, 4) is 0 Å². The van der Waals surface area contributed by atoms with E-state index in [1.165, 1.54) is 0 Å². The highest BCUT2D eigenvalue weighted by atomic mass is 16.1. The Morgan fingerprint density at radius 3 is 2.77 bits per heavy atom. The lowest BCUT2D eigenvalue weighted by molar-refractivity contribution is 0.0950. The number of hydrogen-bond acceptors (Lipinski definition) is 8. The van der Waals surface area contributed by atoms with Crippen molar-refractivity contribution in [2.45, 2.75) is 6.04 Å². The first-order valence-corrected chi connectivity index (χ1v) is 10.0. The highest BCUT2D eigenvalue weighted by Crippen LogP contribution is 2.25. The molecule has 10 heteroatoms. The van der Waals surface area contributed by atoms with Crippen molar-refractivity contribution in [3.63, 3.8) is 0 Å². The van der Waals surface area contributed by atoms with Crippen molar-refractivity contribution in [1.29, 1.82) is 0 Å². The van der Waals surface area contributed by atoms with Gasteiger partial charge in [-0.25, -0.2) is 9.97 Å². The number of anilines is 1. The standard InChI is InChI=1S/C20H27N9O/c1-26(2)10-9-21-19(30)15-5-6-17-24-25-18(29(17)13-15)16-14-28(12-11-27(16)3)20-22-7-4-8-23-20/h4-8,13,16H,9-12,14H2,1-3H3,(H,21,30)/t16-/m1/s1. The van der Waals surface area contributed by atoms with E-state index in [2.05, 4.69) is 42.3 Å². The third kappa shape index (κ3) is 4.24. The minimum Gasteiger partial charge on any atom is -0.351 e. The van der Waals surface area contributed by atoms with E-state index < -0.39 is 0 Å². The van der Waals surface area contributed by atoms with E-state index in [0.29, 0.717) is 24.6 Å². The molecule has 1 aliphatic rings. The molecule has 0 saturated carbocycles. The minimum atomic E-state index is -0.102. The summed E-state index contributed by atoms with van der Waals surface area (Å²) in [4.78, 5) is 27.8. The van der Waals surface area contributed by atoms with E-state index in [1.807, 2.05) is 41.7 Å². The third-order valence-corrected chi connectivity index (χ3v) is 5.32. The largest absolute Gasteiger partial charge is 0.351 e. The second-order valence-electron chi connectivity index (χ2n) is 7.75. The maximum Gasteiger partial charge on any atom is 0.252 e. The van der Waals surface area contributed by atoms with Crippen LogP contribution in [-0.4, -0.2) is 94.1 Å². The van der Waals surface area contributed by atoms with Crippen LogP contribution >= 0.6 is 0 Å². The average molecular weight is 409 g/mol. The van der Waals surface area contributed by atoms with Crippen LogP contribution in [0.3, 0.4) is 0 Å². The Morgan fingerprint density at radius 1 is 1.20 bits per heavy atom. The number of carbonyl (C=O) groups is 1. The van der Waals surface area contributed by atoms with Gasteiger partial charge >= 0.3 is 0 Å². The number of nitrogens with one attached hydrogen (secondary N) is 1. The lowest BCUT2D eigenvalue weighted by Gasteiger charge is -2.38. The van der Waals surface area contributed by atoms with Gasteiger partial charge in [-0.15, -0.1) is 10.2 Å². The predicted octanol–water partition coefficient (Wildman–Crippen LogP) is 0.304. The van der Waals surface area contributed by atoms with Crippen LogP contribution < -0.4 is 10.2 Å². The van der Waals surface area contributed by atoms with Crippen LogP contribution in [0, 0.1) is 0 Å². The molecule has 10 nitrogen and oxygen atoms in total. The van der Waals surface area contributed by atoms with Gasteiger partial charge in [-0.1, -0.05) is 0 Å². The Morgan fingerprint density at radius 2 is 2.00 bits per heavy atom. The smallest absolute Gasteiger partial charge is 0.252 e. The first kappa shape index (κ1) is 20.2. The summed E-state index contributed by atoms with van der Waals surface area (Å²) in [6.07, 6.45) is 5.33. The molecule has 0 bridgehead atoms. The summed E-state index contributed by atoms with van der Waals surface area (Å²) >= 11 is 0. The van der Waals surface area contributed by atoms with Crippen molar-refractivity contribution < 1.29 is 4.79 Å². The van der Waals surface area contributed by atoms with E-state index >= 15 is 0 Å². The first-order valence-electron chi connectivity index (χ1n) is 10.0. The topological polar surface area (TPSA) is 94.8 Å². The molecule has 1 atom stereocenters. The number of aromatic nitrogens is 5. The fourth-order valence-corrected chi connectivity index (χ4v) is 3.55. The van der Waals surface area contributed by atoms with Crippen LogP contribution in [0.1, 0.15) is 22.2 Å². The highest BCUT2D eigenvalue weighted by molar-refractivity contribution is 5.94. The van der Waals surface area contributed by atoms with Gasteiger partial charge in [0.15, 0.2) is 11.5 Å². The second-order valence-corrected chi connectivity index (χ2v) is 7.75. The molecule has 3 aromatic heterocycles. The first-order chi connectivity index (χ1) is 14.5. The Labute approximate surface area is 175 Å². The fourth-order valence-electron chi connectivity index (χ4n) is 3.55. The molecule has 30 heavy (non-hydrogen) atoms. The number of carbonyl (C=O) groups excluding carboxylic acids is 1. The summed E-state index contributed by atoms with van der Waals surface area (Å²) in [5, 5.41) is 11.7. The van der Waals surface area contributed by atoms with Crippen molar-refractivity contribution in [1.82, 2.24) is 39.7 Å². The number of fused-ring (bicyclic) bond motifs is 1. The molecule has 158 valence electrons. The summed E-state index contributed by atoms with van der Waals surface area (Å²) < 4.78 is 1.91. The zero-order valence-electron chi connectivity index (χ0n) is 17.6. The molecule has 1 fully saturated rings. The van der Waals surface area contributed by atoms with Gasteiger partial charge in [0.25, 0.3) is 5.91 Å². The molecule has 0 radical (unpaired) electrons. The number of piperazine rings is 1. The lowest BCUT2D eigenvalue weighted by atomic mass is 10.1. The van der Waals surface area contributed by atoms with E-state index in [1.54, 1.807) is 18.5 Å². The molecule has 1 saturated heterocycles. The van der Waals surface area contributed by atoms with Crippen molar-refractivity contribution in [2.24, 2.45) is 0 Å². The summed E-state index contributed by atoms with van der Waals surface area (Å²) in [5.74, 6) is 1.41. The summed E-state index contributed by atoms with van der Waals surface area (Å²) in [6, 6.07) is 5.43. The number of pyridine rings is 1. The summed E-state index contributed by atoms with van der Waals surface area (Å²) in [7, 11) is 6.03. The molecule has 0 spiro atoms. The average Bonchev–Trinajstić information content (AvgIpc) is 3.17. The summed E-state index contributed by atoms with van der Waals surface area (Å²) in [6.45, 7) is 3.77. The number of rotatable bonds is 6. The van der Waals surface area contributed by atoms with Crippen LogP contribution in [0.15, 0.2) is 36.8 Å². The number of likely N-dealkylation sites (N-methyl/N-ethyl adjacent to an activating group) is 2. The van der Waals surface area contributed by atoms with Gasteiger partial charge < -0.3 is 15.1 Å². The lowest BCUT2D eigenvalue weighted by Crippen LogP contribution is -2.47. The molecule has 3 aromatic rings. The summed E-state index contributed by atoms with van der Waals surface area (Å²) in [5.41, 5.74) is 1.31. The van der Waals surface area contributed by atoms with Gasteiger partial charge in [0.1, 0.15) is 0 Å².